The molecule has 4 rings (SSSR count). The van der Waals surface area contributed by atoms with E-state index in [1.165, 1.54) is 12.3 Å². The number of amides is 1. The highest BCUT2D eigenvalue weighted by atomic mass is 35.5. The first kappa shape index (κ1) is 19.1. The molecular formula is C19H19ClN6O3. The summed E-state index contributed by atoms with van der Waals surface area (Å²) in [4.78, 5) is 36.1. The Kier molecular flexibility index (Phi) is 5.06. The minimum absolute atomic E-state index is 0.0395. The molecule has 1 aliphatic rings. The summed E-state index contributed by atoms with van der Waals surface area (Å²) in [6.07, 6.45) is 3.67. The van der Waals surface area contributed by atoms with Crippen molar-refractivity contribution in [3.63, 3.8) is 0 Å². The van der Waals surface area contributed by atoms with E-state index in [1.54, 1.807) is 33.7 Å². The fraction of sp³-hybridized carbons (Fsp3) is 0.316. The minimum atomic E-state index is -0.470. The zero-order valence-corrected chi connectivity index (χ0v) is 16.5. The number of imidazole rings is 1. The van der Waals surface area contributed by atoms with Gasteiger partial charge in [0.05, 0.1) is 10.6 Å². The molecule has 1 aliphatic heterocycles. The largest absolute Gasteiger partial charge is 0.353 e. The van der Waals surface area contributed by atoms with Gasteiger partial charge in [-0.15, -0.1) is 0 Å². The standard InChI is InChI=1S/C19H19ClN6O3/c1-2-15-18(25-6-5-13(20)11-17(25)22-15)19(27)24-9-7-23(8-10-24)16-4-3-14(12-21-16)26(28)29/h3-6,11-12H,2,7-10H2,1H3. The van der Waals surface area contributed by atoms with Crippen molar-refractivity contribution in [1.29, 1.82) is 0 Å². The van der Waals surface area contributed by atoms with Gasteiger partial charge in [0.25, 0.3) is 11.6 Å². The lowest BCUT2D eigenvalue weighted by atomic mass is 10.2. The average molecular weight is 415 g/mol. The number of halogens is 1. The normalized spacial score (nSPS) is 14.4. The molecule has 0 aliphatic carbocycles. The van der Waals surface area contributed by atoms with E-state index < -0.39 is 4.92 Å². The van der Waals surface area contributed by atoms with Crippen LogP contribution >= 0.6 is 11.6 Å². The summed E-state index contributed by atoms with van der Waals surface area (Å²) in [7, 11) is 0. The van der Waals surface area contributed by atoms with Gasteiger partial charge in [0.2, 0.25) is 0 Å². The molecule has 29 heavy (non-hydrogen) atoms. The quantitative estimate of drug-likeness (QED) is 0.481. The Hall–Kier alpha value is -3.20. The van der Waals surface area contributed by atoms with E-state index in [9.17, 15) is 14.9 Å². The third kappa shape index (κ3) is 3.61. The molecular weight excluding hydrogens is 396 g/mol. The van der Waals surface area contributed by atoms with E-state index in [1.807, 2.05) is 11.8 Å². The summed E-state index contributed by atoms with van der Waals surface area (Å²) in [5.74, 6) is 0.606. The second-order valence-electron chi connectivity index (χ2n) is 6.74. The maximum atomic E-state index is 13.2. The fourth-order valence-electron chi connectivity index (χ4n) is 3.50. The van der Waals surface area contributed by atoms with E-state index in [4.69, 9.17) is 11.6 Å². The molecule has 1 fully saturated rings. The number of aryl methyl sites for hydroxylation is 1. The van der Waals surface area contributed by atoms with Gasteiger partial charge >= 0.3 is 0 Å². The first-order chi connectivity index (χ1) is 14.0. The number of pyridine rings is 2. The molecule has 150 valence electrons. The van der Waals surface area contributed by atoms with Gasteiger partial charge in [-0.25, -0.2) is 9.97 Å². The Bertz CT molecular complexity index is 1070. The summed E-state index contributed by atoms with van der Waals surface area (Å²) >= 11 is 6.06. The Labute approximate surface area is 171 Å². The Morgan fingerprint density at radius 2 is 2.00 bits per heavy atom. The van der Waals surface area contributed by atoms with Gasteiger partial charge in [-0.05, 0) is 18.6 Å². The molecule has 3 aromatic rings. The van der Waals surface area contributed by atoms with E-state index in [0.29, 0.717) is 54.8 Å². The zero-order valence-electron chi connectivity index (χ0n) is 15.8. The first-order valence-electron chi connectivity index (χ1n) is 9.29. The molecule has 9 nitrogen and oxygen atoms in total. The van der Waals surface area contributed by atoms with Crippen LogP contribution in [-0.2, 0) is 6.42 Å². The predicted molar refractivity (Wildman–Crippen MR) is 109 cm³/mol. The molecule has 10 heteroatoms. The van der Waals surface area contributed by atoms with Crippen LogP contribution in [0.15, 0.2) is 36.7 Å². The van der Waals surface area contributed by atoms with Gasteiger partial charge < -0.3 is 9.80 Å². The number of rotatable bonds is 4. The molecule has 4 heterocycles. The maximum absolute atomic E-state index is 13.2. The molecule has 0 unspecified atom stereocenters. The van der Waals surface area contributed by atoms with Crippen molar-refractivity contribution in [3.05, 3.63) is 63.2 Å². The lowest BCUT2D eigenvalue weighted by Crippen LogP contribution is -2.49. The van der Waals surface area contributed by atoms with Crippen LogP contribution in [0.5, 0.6) is 0 Å². The van der Waals surface area contributed by atoms with Crippen LogP contribution in [0.1, 0.15) is 23.1 Å². The van der Waals surface area contributed by atoms with Crippen LogP contribution in [0.3, 0.4) is 0 Å². The Morgan fingerprint density at radius 1 is 1.24 bits per heavy atom. The first-order valence-corrected chi connectivity index (χ1v) is 9.67. The maximum Gasteiger partial charge on any atom is 0.287 e. The SMILES string of the molecule is CCc1nc2cc(Cl)ccn2c1C(=O)N1CCN(c2ccc([N+](=O)[O-])cn2)CC1. The third-order valence-electron chi connectivity index (χ3n) is 5.03. The van der Waals surface area contributed by atoms with E-state index in [-0.39, 0.29) is 11.6 Å². The number of aromatic nitrogens is 3. The fourth-order valence-corrected chi connectivity index (χ4v) is 3.66. The highest BCUT2D eigenvalue weighted by Crippen LogP contribution is 2.21. The topological polar surface area (TPSA) is 96.9 Å². The number of piperazine rings is 1. The monoisotopic (exact) mass is 414 g/mol. The molecule has 0 bridgehead atoms. The van der Waals surface area contributed by atoms with Crippen LogP contribution < -0.4 is 4.90 Å². The van der Waals surface area contributed by atoms with E-state index in [2.05, 4.69) is 9.97 Å². The number of carbonyl (C=O) groups excluding carboxylic acids is 1. The summed E-state index contributed by atoms with van der Waals surface area (Å²) in [5, 5.41) is 11.4. The van der Waals surface area contributed by atoms with Crippen LogP contribution in [0, 0.1) is 10.1 Å². The lowest BCUT2D eigenvalue weighted by molar-refractivity contribution is -0.385. The predicted octanol–water partition coefficient (Wildman–Crippen LogP) is 2.82. The Balaban J connectivity index is 1.51. The van der Waals surface area contributed by atoms with Crippen molar-refractivity contribution in [2.75, 3.05) is 31.1 Å². The number of nitrogens with zero attached hydrogens (tertiary/aromatic N) is 6. The molecule has 0 spiro atoms. The summed E-state index contributed by atoms with van der Waals surface area (Å²) < 4.78 is 1.79. The molecule has 0 aromatic carbocycles. The molecule has 0 radical (unpaired) electrons. The highest BCUT2D eigenvalue weighted by molar-refractivity contribution is 6.30. The van der Waals surface area contributed by atoms with Crippen molar-refractivity contribution in [2.24, 2.45) is 0 Å². The van der Waals surface area contributed by atoms with Crippen LogP contribution in [0.4, 0.5) is 11.5 Å². The summed E-state index contributed by atoms with van der Waals surface area (Å²) in [6.45, 7) is 4.22. The number of carbonyl (C=O) groups is 1. The smallest absolute Gasteiger partial charge is 0.287 e. The van der Waals surface area contributed by atoms with Crippen molar-refractivity contribution in [3.8, 4) is 0 Å². The third-order valence-corrected chi connectivity index (χ3v) is 5.27. The highest BCUT2D eigenvalue weighted by Gasteiger charge is 2.27. The van der Waals surface area contributed by atoms with Gasteiger partial charge in [0.1, 0.15) is 23.4 Å². The van der Waals surface area contributed by atoms with Gasteiger partial charge in [-0.3, -0.25) is 19.3 Å². The number of hydrogen-bond acceptors (Lipinski definition) is 6. The molecule has 0 atom stereocenters. The molecule has 1 amide bonds. The summed E-state index contributed by atoms with van der Waals surface area (Å²) in [5.41, 5.74) is 1.94. The van der Waals surface area contributed by atoms with Gasteiger partial charge in [0, 0.05) is 49.5 Å². The number of nitro groups is 1. The Morgan fingerprint density at radius 3 is 2.62 bits per heavy atom. The van der Waals surface area contributed by atoms with Crippen molar-refractivity contribution >= 4 is 34.7 Å². The zero-order chi connectivity index (χ0) is 20.5. The average Bonchev–Trinajstić information content (AvgIpc) is 3.11. The number of fused-ring (bicyclic) bond motifs is 1. The van der Waals surface area contributed by atoms with Crippen molar-refractivity contribution in [1.82, 2.24) is 19.3 Å². The van der Waals surface area contributed by atoms with Crippen LogP contribution in [0.2, 0.25) is 5.02 Å². The summed E-state index contributed by atoms with van der Waals surface area (Å²) in [6, 6.07) is 6.57. The molecule has 1 saturated heterocycles. The molecule has 3 aromatic heterocycles. The van der Waals surface area contributed by atoms with Gasteiger partial charge in [-0.1, -0.05) is 18.5 Å². The van der Waals surface area contributed by atoms with Crippen molar-refractivity contribution < 1.29 is 9.72 Å². The second-order valence-corrected chi connectivity index (χ2v) is 7.18. The second kappa shape index (κ2) is 7.67. The van der Waals surface area contributed by atoms with Crippen LogP contribution in [0.25, 0.3) is 5.65 Å². The van der Waals surface area contributed by atoms with Crippen molar-refractivity contribution in [2.45, 2.75) is 13.3 Å². The van der Waals surface area contributed by atoms with E-state index in [0.717, 1.165) is 5.69 Å². The molecule has 0 saturated carbocycles. The van der Waals surface area contributed by atoms with Gasteiger partial charge in [-0.2, -0.15) is 0 Å². The number of hydrogen-bond donors (Lipinski definition) is 0. The lowest BCUT2D eigenvalue weighted by Gasteiger charge is -2.35. The minimum Gasteiger partial charge on any atom is -0.353 e. The van der Waals surface area contributed by atoms with Gasteiger partial charge in [0.15, 0.2) is 0 Å². The number of anilines is 1. The van der Waals surface area contributed by atoms with E-state index >= 15 is 0 Å². The molecule has 0 N–H and O–H groups in total. The van der Waals surface area contributed by atoms with Crippen LogP contribution in [-0.4, -0.2) is 56.3 Å².